The van der Waals surface area contributed by atoms with E-state index < -0.39 is 0 Å². The molecule has 0 saturated carbocycles. The summed E-state index contributed by atoms with van der Waals surface area (Å²) in [7, 11) is 0. The van der Waals surface area contributed by atoms with Crippen LogP contribution in [0.15, 0.2) is 13.6 Å². The lowest BCUT2D eigenvalue weighted by Crippen LogP contribution is -2.23. The molecule has 6 heteroatoms. The highest BCUT2D eigenvalue weighted by Gasteiger charge is 2.43. The van der Waals surface area contributed by atoms with Gasteiger partial charge in [0.25, 0.3) is 0 Å². The summed E-state index contributed by atoms with van der Waals surface area (Å²) >= 11 is 10.9. The number of nitrogens with one attached hydrogen (secondary N) is 1. The van der Waals surface area contributed by atoms with Gasteiger partial charge in [-0.25, -0.2) is 4.79 Å². The first-order chi connectivity index (χ1) is 9.06. The van der Waals surface area contributed by atoms with E-state index in [1.54, 1.807) is 0 Å². The van der Waals surface area contributed by atoms with Gasteiger partial charge in [-0.3, -0.25) is 0 Å². The smallest absolute Gasteiger partial charge is 0.355 e. The van der Waals surface area contributed by atoms with Gasteiger partial charge in [-0.05, 0) is 46.8 Å². The van der Waals surface area contributed by atoms with Gasteiger partial charge in [-0.15, -0.1) is 0 Å². The number of rotatable bonds is 2. The van der Waals surface area contributed by atoms with Gasteiger partial charge in [0.15, 0.2) is 0 Å². The van der Waals surface area contributed by atoms with Crippen molar-refractivity contribution in [3.63, 3.8) is 0 Å². The number of halogens is 3. The molecular weight excluding hydrogens is 442 g/mol. The minimum atomic E-state index is -0.270. The first-order valence-electron chi connectivity index (χ1n) is 6.19. The maximum Gasteiger partial charge on any atom is 0.355 e. The van der Waals surface area contributed by atoms with Gasteiger partial charge >= 0.3 is 5.97 Å². The van der Waals surface area contributed by atoms with E-state index in [1.807, 2.05) is 6.92 Å². The summed E-state index contributed by atoms with van der Waals surface area (Å²) in [5.41, 5.74) is 2.89. The van der Waals surface area contributed by atoms with Crippen molar-refractivity contribution in [3.05, 3.63) is 30.4 Å². The molecule has 0 fully saturated rings. The van der Waals surface area contributed by atoms with Crippen LogP contribution in [0.1, 0.15) is 53.2 Å². The van der Waals surface area contributed by atoms with E-state index in [4.69, 9.17) is 4.74 Å². The van der Waals surface area contributed by atoms with Crippen LogP contribution in [0.5, 0.6) is 0 Å². The molecule has 0 radical (unpaired) electrons. The number of esters is 1. The highest BCUT2D eigenvalue weighted by molar-refractivity contribution is 9.14. The molecule has 0 amide bonds. The maximum atomic E-state index is 12.1. The van der Waals surface area contributed by atoms with Crippen molar-refractivity contribution in [1.82, 2.24) is 4.98 Å². The van der Waals surface area contributed by atoms with Gasteiger partial charge < -0.3 is 9.72 Å². The number of fused-ring (bicyclic) bond motifs is 1. The Morgan fingerprint density at radius 3 is 2.37 bits per heavy atom. The number of ether oxygens (including phenoxy) is 1. The number of H-pyrrole nitrogens is 1. The van der Waals surface area contributed by atoms with Gasteiger partial charge in [0.1, 0.15) is 5.69 Å². The molecule has 102 valence electrons. The van der Waals surface area contributed by atoms with Crippen LogP contribution in [0.2, 0.25) is 0 Å². The third kappa shape index (κ3) is 1.98. The maximum absolute atomic E-state index is 12.1. The van der Waals surface area contributed by atoms with E-state index in [9.17, 15) is 4.79 Å². The van der Waals surface area contributed by atoms with Crippen LogP contribution in [0.3, 0.4) is 0 Å². The summed E-state index contributed by atoms with van der Waals surface area (Å²) in [6.45, 7) is 2.21. The van der Waals surface area contributed by atoms with Gasteiger partial charge in [0.05, 0.1) is 11.2 Å². The summed E-state index contributed by atoms with van der Waals surface area (Å²) in [4.78, 5) is 15.2. The zero-order valence-electron chi connectivity index (χ0n) is 10.2. The summed E-state index contributed by atoms with van der Waals surface area (Å²) in [6, 6.07) is 0. The minimum Gasteiger partial charge on any atom is -0.461 e. The fourth-order valence-corrected chi connectivity index (χ4v) is 5.18. The Morgan fingerprint density at radius 1 is 1.21 bits per heavy atom. The molecule has 2 unspecified atom stereocenters. The molecule has 19 heavy (non-hydrogen) atoms. The standard InChI is InChI=1S/C13H12Br3NO2/c1-2-19-13(18)11-7-5-3-4-6(10(15)9(5)14)8(7)12(16)17-11/h5-6,17H,2-4H2,1H3. The molecule has 3 nitrogen and oxygen atoms in total. The van der Waals surface area contributed by atoms with Crippen LogP contribution in [-0.2, 0) is 4.74 Å². The van der Waals surface area contributed by atoms with Crippen molar-refractivity contribution < 1.29 is 9.53 Å². The molecule has 3 aliphatic carbocycles. The van der Waals surface area contributed by atoms with Crippen molar-refractivity contribution in [3.8, 4) is 0 Å². The Balaban J connectivity index is 2.15. The Bertz CT molecular complexity index is 591. The highest BCUT2D eigenvalue weighted by Crippen LogP contribution is 2.58. The lowest BCUT2D eigenvalue weighted by molar-refractivity contribution is 0.0518. The van der Waals surface area contributed by atoms with E-state index >= 15 is 0 Å². The van der Waals surface area contributed by atoms with E-state index in [0.29, 0.717) is 18.2 Å². The van der Waals surface area contributed by atoms with Crippen LogP contribution < -0.4 is 0 Å². The zero-order chi connectivity index (χ0) is 13.7. The van der Waals surface area contributed by atoms with Crippen molar-refractivity contribution in [1.29, 1.82) is 0 Å². The average Bonchev–Trinajstić information content (AvgIpc) is 2.74. The number of carbonyl (C=O) groups excluding carboxylic acids is 1. The summed E-state index contributed by atoms with van der Waals surface area (Å²) in [6.07, 6.45) is 2.16. The first-order valence-corrected chi connectivity index (χ1v) is 8.57. The number of aromatic amines is 1. The second-order valence-corrected chi connectivity index (χ2v) is 7.24. The molecule has 0 spiro atoms. The Morgan fingerprint density at radius 2 is 1.79 bits per heavy atom. The summed E-state index contributed by atoms with van der Waals surface area (Å²) in [5.74, 6) is 0.299. The number of hydrogen-bond acceptors (Lipinski definition) is 2. The predicted molar refractivity (Wildman–Crippen MR) is 84.0 cm³/mol. The third-order valence-corrected chi connectivity index (χ3v) is 6.91. The highest BCUT2D eigenvalue weighted by atomic mass is 79.9. The molecular formula is C13H12Br3NO2. The largest absolute Gasteiger partial charge is 0.461 e. The van der Waals surface area contributed by atoms with Crippen molar-refractivity contribution in [2.45, 2.75) is 31.6 Å². The zero-order valence-corrected chi connectivity index (χ0v) is 15.0. The lowest BCUT2D eigenvalue weighted by atomic mass is 9.72. The molecule has 2 atom stereocenters. The van der Waals surface area contributed by atoms with E-state index in [1.165, 1.54) is 10.0 Å². The number of carbonyl (C=O) groups is 1. The molecule has 3 aliphatic rings. The molecule has 0 saturated heterocycles. The Labute approximate surface area is 136 Å². The van der Waals surface area contributed by atoms with Crippen molar-refractivity contribution >= 4 is 53.8 Å². The SMILES string of the molecule is CCOC(=O)c1[nH]c(Br)c2c1C1CCC2C(Br)=C1Br. The Hall–Kier alpha value is -0.0700. The second-order valence-electron chi connectivity index (χ2n) is 4.74. The predicted octanol–water partition coefficient (Wildman–Crippen LogP) is 4.93. The molecule has 1 N–H and O–H groups in total. The molecule has 0 aliphatic heterocycles. The van der Waals surface area contributed by atoms with Gasteiger partial charge in [0.2, 0.25) is 0 Å². The number of allylic oxidation sites excluding steroid dienone is 2. The average molecular weight is 454 g/mol. The topological polar surface area (TPSA) is 42.1 Å². The minimum absolute atomic E-state index is 0.247. The van der Waals surface area contributed by atoms with Gasteiger partial charge in [-0.1, -0.05) is 31.9 Å². The Kier molecular flexibility index (Phi) is 3.69. The summed E-state index contributed by atoms with van der Waals surface area (Å²) < 4.78 is 8.40. The summed E-state index contributed by atoms with van der Waals surface area (Å²) in [5, 5.41) is 0. The monoisotopic (exact) mass is 451 g/mol. The third-order valence-electron chi connectivity index (χ3n) is 3.79. The fourth-order valence-electron chi connectivity index (χ4n) is 3.03. The van der Waals surface area contributed by atoms with E-state index in [0.717, 1.165) is 27.5 Å². The second kappa shape index (κ2) is 5.04. The van der Waals surface area contributed by atoms with E-state index in [-0.39, 0.29) is 11.9 Å². The molecule has 1 aromatic rings. The number of aromatic nitrogens is 1. The van der Waals surface area contributed by atoms with Crippen molar-refractivity contribution in [2.75, 3.05) is 6.61 Å². The molecule has 1 heterocycles. The van der Waals surface area contributed by atoms with Gasteiger partial charge in [0, 0.05) is 20.8 Å². The molecule has 0 aromatic carbocycles. The lowest BCUT2D eigenvalue weighted by Gasteiger charge is -2.37. The van der Waals surface area contributed by atoms with Crippen LogP contribution in [0.25, 0.3) is 0 Å². The van der Waals surface area contributed by atoms with Crippen molar-refractivity contribution in [2.24, 2.45) is 0 Å². The first kappa shape index (κ1) is 13.9. The van der Waals surface area contributed by atoms with Gasteiger partial charge in [-0.2, -0.15) is 0 Å². The normalized spacial score (nSPS) is 24.6. The molecule has 1 aromatic heterocycles. The van der Waals surface area contributed by atoms with Crippen LogP contribution in [0, 0.1) is 0 Å². The van der Waals surface area contributed by atoms with Crippen LogP contribution in [0.4, 0.5) is 0 Å². The van der Waals surface area contributed by atoms with E-state index in [2.05, 4.69) is 52.8 Å². The molecule has 2 bridgehead atoms. The van der Waals surface area contributed by atoms with Crippen LogP contribution in [-0.4, -0.2) is 17.6 Å². The quantitative estimate of drug-likeness (QED) is 0.645. The molecule has 4 rings (SSSR count). The van der Waals surface area contributed by atoms with Crippen LogP contribution >= 0.6 is 47.8 Å². The fraction of sp³-hybridized carbons (Fsp3) is 0.462. The number of hydrogen-bond donors (Lipinski definition) is 1.